The molecule has 5 heteroatoms. The Morgan fingerprint density at radius 2 is 2.05 bits per heavy atom. The molecular formula is C17H20O5. The van der Waals surface area contributed by atoms with E-state index < -0.39 is 11.5 Å². The van der Waals surface area contributed by atoms with E-state index in [2.05, 4.69) is 0 Å². The van der Waals surface area contributed by atoms with Crippen molar-refractivity contribution in [2.24, 2.45) is 5.92 Å². The van der Waals surface area contributed by atoms with Crippen LogP contribution in [0.25, 0.3) is 11.0 Å². The molecule has 1 N–H and O–H groups in total. The highest BCUT2D eigenvalue weighted by Gasteiger charge is 2.24. The van der Waals surface area contributed by atoms with Crippen LogP contribution >= 0.6 is 0 Å². The zero-order valence-electron chi connectivity index (χ0n) is 12.8. The number of rotatable bonds is 6. The van der Waals surface area contributed by atoms with Crippen LogP contribution in [0.2, 0.25) is 0 Å². The summed E-state index contributed by atoms with van der Waals surface area (Å²) in [7, 11) is 0. The fraction of sp³-hybridized carbons (Fsp3) is 0.412. The standard InChI is InChI=1S/C17H20O5/c1-3-7-11(16(19)21-4-2)10-13-15(18)12-8-5-6-9-14(12)22-17(13)20/h5-6,8-9,11,18H,3-4,7,10H2,1-2H3. The first-order valence-electron chi connectivity index (χ1n) is 7.48. The summed E-state index contributed by atoms with van der Waals surface area (Å²) < 4.78 is 10.3. The normalized spacial score (nSPS) is 12.3. The van der Waals surface area contributed by atoms with Gasteiger partial charge in [0.2, 0.25) is 0 Å². The Bertz CT molecular complexity index is 717. The van der Waals surface area contributed by atoms with E-state index >= 15 is 0 Å². The number of carbonyl (C=O) groups excluding carboxylic acids is 1. The van der Waals surface area contributed by atoms with Crippen molar-refractivity contribution in [1.29, 1.82) is 0 Å². The van der Waals surface area contributed by atoms with Gasteiger partial charge in [-0.3, -0.25) is 4.79 Å². The predicted octanol–water partition coefficient (Wildman–Crippen LogP) is 3.02. The molecule has 1 unspecified atom stereocenters. The van der Waals surface area contributed by atoms with E-state index in [0.29, 0.717) is 17.4 Å². The van der Waals surface area contributed by atoms with E-state index in [1.54, 1.807) is 31.2 Å². The van der Waals surface area contributed by atoms with Gasteiger partial charge in [0, 0.05) is 0 Å². The number of hydrogen-bond donors (Lipinski definition) is 1. The summed E-state index contributed by atoms with van der Waals surface area (Å²) >= 11 is 0. The summed E-state index contributed by atoms with van der Waals surface area (Å²) in [5.74, 6) is -0.923. The lowest BCUT2D eigenvalue weighted by Crippen LogP contribution is -2.23. The van der Waals surface area contributed by atoms with E-state index in [0.717, 1.165) is 6.42 Å². The zero-order chi connectivity index (χ0) is 16.1. The molecule has 0 saturated carbocycles. The van der Waals surface area contributed by atoms with Gasteiger partial charge in [0.1, 0.15) is 11.3 Å². The number of fused-ring (bicyclic) bond motifs is 1. The van der Waals surface area contributed by atoms with Crippen molar-refractivity contribution in [3.8, 4) is 5.75 Å². The van der Waals surface area contributed by atoms with Gasteiger partial charge < -0.3 is 14.3 Å². The Morgan fingerprint density at radius 3 is 2.73 bits per heavy atom. The van der Waals surface area contributed by atoms with Crippen LogP contribution in [0.5, 0.6) is 5.75 Å². The SMILES string of the molecule is CCCC(Cc1c(O)c2ccccc2oc1=O)C(=O)OCC. The van der Waals surface area contributed by atoms with Gasteiger partial charge >= 0.3 is 11.6 Å². The highest BCUT2D eigenvalue weighted by molar-refractivity contribution is 5.84. The third-order valence-electron chi connectivity index (χ3n) is 3.58. The molecule has 0 aliphatic carbocycles. The van der Waals surface area contributed by atoms with Crippen LogP contribution in [0.4, 0.5) is 0 Å². The zero-order valence-corrected chi connectivity index (χ0v) is 12.8. The summed E-state index contributed by atoms with van der Waals surface area (Å²) in [6.07, 6.45) is 1.49. The molecule has 0 aliphatic rings. The molecule has 22 heavy (non-hydrogen) atoms. The van der Waals surface area contributed by atoms with Gasteiger partial charge in [0.25, 0.3) is 0 Å². The van der Waals surface area contributed by atoms with Gasteiger partial charge in [-0.1, -0.05) is 25.5 Å². The number of esters is 1. The topological polar surface area (TPSA) is 76.7 Å². The van der Waals surface area contributed by atoms with Crippen molar-refractivity contribution in [2.45, 2.75) is 33.1 Å². The quantitative estimate of drug-likeness (QED) is 0.655. The molecule has 1 aromatic carbocycles. The molecule has 0 amide bonds. The lowest BCUT2D eigenvalue weighted by molar-refractivity contribution is -0.148. The van der Waals surface area contributed by atoms with Gasteiger partial charge in [0.05, 0.1) is 23.5 Å². The smallest absolute Gasteiger partial charge is 0.343 e. The van der Waals surface area contributed by atoms with Crippen LogP contribution in [0, 0.1) is 5.92 Å². The number of hydrogen-bond acceptors (Lipinski definition) is 5. The minimum absolute atomic E-state index is 0.114. The molecule has 0 saturated heterocycles. The third-order valence-corrected chi connectivity index (χ3v) is 3.58. The molecular weight excluding hydrogens is 284 g/mol. The molecule has 5 nitrogen and oxygen atoms in total. The molecule has 0 fully saturated rings. The van der Waals surface area contributed by atoms with E-state index in [1.807, 2.05) is 6.92 Å². The number of aromatic hydroxyl groups is 1. The Hall–Kier alpha value is -2.30. The monoisotopic (exact) mass is 304 g/mol. The fourth-order valence-corrected chi connectivity index (χ4v) is 2.51. The Labute approximate surface area is 128 Å². The van der Waals surface area contributed by atoms with Crippen LogP contribution in [0.3, 0.4) is 0 Å². The first kappa shape index (κ1) is 16.1. The summed E-state index contributed by atoms with van der Waals surface area (Å²) in [6.45, 7) is 3.98. The van der Waals surface area contributed by atoms with Gasteiger partial charge in [-0.05, 0) is 31.9 Å². The van der Waals surface area contributed by atoms with E-state index in [-0.39, 0.29) is 30.3 Å². The Morgan fingerprint density at radius 1 is 1.32 bits per heavy atom. The van der Waals surface area contributed by atoms with Crippen molar-refractivity contribution < 1.29 is 19.1 Å². The summed E-state index contributed by atoms with van der Waals surface area (Å²) in [4.78, 5) is 24.1. The largest absolute Gasteiger partial charge is 0.507 e. The second-order valence-corrected chi connectivity index (χ2v) is 5.15. The third kappa shape index (κ3) is 3.30. The Balaban J connectivity index is 2.40. The van der Waals surface area contributed by atoms with E-state index in [4.69, 9.17) is 9.15 Å². The lowest BCUT2D eigenvalue weighted by Gasteiger charge is -2.15. The number of para-hydroxylation sites is 1. The second kappa shape index (κ2) is 7.11. The van der Waals surface area contributed by atoms with E-state index in [1.165, 1.54) is 0 Å². The van der Waals surface area contributed by atoms with Crippen LogP contribution in [-0.4, -0.2) is 17.7 Å². The first-order chi connectivity index (χ1) is 10.6. The van der Waals surface area contributed by atoms with Crippen LogP contribution < -0.4 is 5.63 Å². The maximum absolute atomic E-state index is 12.1. The van der Waals surface area contributed by atoms with Crippen LogP contribution in [-0.2, 0) is 16.0 Å². The molecule has 0 bridgehead atoms. The van der Waals surface area contributed by atoms with Crippen LogP contribution in [0.1, 0.15) is 32.3 Å². The van der Waals surface area contributed by atoms with Crippen molar-refractivity contribution in [2.75, 3.05) is 6.61 Å². The minimum Gasteiger partial charge on any atom is -0.507 e. The van der Waals surface area contributed by atoms with Gasteiger partial charge in [-0.25, -0.2) is 4.79 Å². The fourth-order valence-electron chi connectivity index (χ4n) is 2.51. The van der Waals surface area contributed by atoms with Gasteiger partial charge in [-0.15, -0.1) is 0 Å². The average molecular weight is 304 g/mol. The maximum atomic E-state index is 12.1. The van der Waals surface area contributed by atoms with Gasteiger partial charge in [0.15, 0.2) is 0 Å². The number of benzene rings is 1. The molecule has 2 aromatic rings. The summed E-state index contributed by atoms with van der Waals surface area (Å²) in [5, 5.41) is 10.8. The average Bonchev–Trinajstić information content (AvgIpc) is 2.50. The summed E-state index contributed by atoms with van der Waals surface area (Å²) in [6, 6.07) is 6.77. The molecule has 0 aliphatic heterocycles. The lowest BCUT2D eigenvalue weighted by atomic mass is 9.95. The maximum Gasteiger partial charge on any atom is 0.343 e. The molecule has 2 rings (SSSR count). The number of ether oxygens (including phenoxy) is 1. The predicted molar refractivity (Wildman–Crippen MR) is 82.9 cm³/mol. The van der Waals surface area contributed by atoms with E-state index in [9.17, 15) is 14.7 Å². The first-order valence-corrected chi connectivity index (χ1v) is 7.48. The second-order valence-electron chi connectivity index (χ2n) is 5.15. The number of carbonyl (C=O) groups is 1. The molecule has 118 valence electrons. The van der Waals surface area contributed by atoms with Crippen molar-refractivity contribution >= 4 is 16.9 Å². The van der Waals surface area contributed by atoms with Gasteiger partial charge in [-0.2, -0.15) is 0 Å². The molecule has 1 atom stereocenters. The highest BCUT2D eigenvalue weighted by Crippen LogP contribution is 2.28. The molecule has 1 heterocycles. The van der Waals surface area contributed by atoms with Crippen LogP contribution in [0.15, 0.2) is 33.5 Å². The van der Waals surface area contributed by atoms with Crippen molar-refractivity contribution in [1.82, 2.24) is 0 Å². The van der Waals surface area contributed by atoms with Crippen molar-refractivity contribution in [3.05, 3.63) is 40.2 Å². The Kier molecular flexibility index (Phi) is 5.20. The molecule has 1 aromatic heterocycles. The van der Waals surface area contributed by atoms with Crippen molar-refractivity contribution in [3.63, 3.8) is 0 Å². The highest BCUT2D eigenvalue weighted by atomic mass is 16.5. The molecule has 0 spiro atoms. The summed E-state index contributed by atoms with van der Waals surface area (Å²) in [5.41, 5.74) is -0.149. The minimum atomic E-state index is -0.610. The molecule has 0 radical (unpaired) electrons.